The van der Waals surface area contributed by atoms with E-state index in [0.717, 1.165) is 31.3 Å². The fourth-order valence-corrected chi connectivity index (χ4v) is 5.76. The van der Waals surface area contributed by atoms with Gasteiger partial charge in [0.05, 0.1) is 27.3 Å². The number of aromatic nitrogens is 2. The maximum Gasteiger partial charge on any atom is 0.272 e. The van der Waals surface area contributed by atoms with Crippen LogP contribution >= 0.6 is 23.2 Å². The van der Waals surface area contributed by atoms with Crippen molar-refractivity contribution in [2.75, 3.05) is 25.0 Å². The van der Waals surface area contributed by atoms with Gasteiger partial charge in [0, 0.05) is 36.7 Å². The molecule has 0 spiro atoms. The van der Waals surface area contributed by atoms with E-state index in [0.29, 0.717) is 58.0 Å². The molecular weight excluding hydrogens is 587 g/mol. The SMILES string of the molecule is Cn1c(NC2=C(Cl)CCC(CNC(=O)C(C)(C)C)=C2Cl)nc2cc(C(=O)NCC3CCCCC3)c(OCC(F)F)cc21. The molecular formula is C30H39Cl2F2N5O3. The summed E-state index contributed by atoms with van der Waals surface area (Å²) in [7, 11) is 1.75. The summed E-state index contributed by atoms with van der Waals surface area (Å²) in [6.45, 7) is 5.49. The minimum absolute atomic E-state index is 0.0585. The van der Waals surface area contributed by atoms with Gasteiger partial charge in [-0.05, 0) is 43.2 Å². The Hall–Kier alpha value is -2.85. The van der Waals surface area contributed by atoms with Crippen LogP contribution in [0.2, 0.25) is 0 Å². The monoisotopic (exact) mass is 625 g/mol. The van der Waals surface area contributed by atoms with Gasteiger partial charge in [-0.15, -0.1) is 0 Å². The number of ether oxygens (including phenoxy) is 1. The van der Waals surface area contributed by atoms with E-state index in [1.807, 2.05) is 20.8 Å². The molecule has 0 bridgehead atoms. The van der Waals surface area contributed by atoms with E-state index in [4.69, 9.17) is 27.9 Å². The van der Waals surface area contributed by atoms with Crippen LogP contribution in [0.5, 0.6) is 5.75 Å². The summed E-state index contributed by atoms with van der Waals surface area (Å²) in [5.74, 6) is 0.367. The highest BCUT2D eigenvalue weighted by molar-refractivity contribution is 6.36. The topological polar surface area (TPSA) is 97.3 Å². The molecule has 1 fully saturated rings. The van der Waals surface area contributed by atoms with Crippen molar-refractivity contribution in [3.8, 4) is 5.75 Å². The predicted octanol–water partition coefficient (Wildman–Crippen LogP) is 6.84. The highest BCUT2D eigenvalue weighted by Crippen LogP contribution is 2.36. The Morgan fingerprint density at radius 2 is 1.83 bits per heavy atom. The summed E-state index contributed by atoms with van der Waals surface area (Å²) in [5.41, 5.74) is 1.95. The molecule has 230 valence electrons. The summed E-state index contributed by atoms with van der Waals surface area (Å²) in [6, 6.07) is 3.10. The van der Waals surface area contributed by atoms with Crippen LogP contribution in [0.3, 0.4) is 0 Å². The zero-order chi connectivity index (χ0) is 30.6. The minimum Gasteiger partial charge on any atom is -0.487 e. The lowest BCUT2D eigenvalue weighted by atomic mass is 9.89. The number of carbonyl (C=O) groups is 2. The molecule has 1 heterocycles. The largest absolute Gasteiger partial charge is 0.487 e. The number of hydrogen-bond acceptors (Lipinski definition) is 5. The van der Waals surface area contributed by atoms with Crippen molar-refractivity contribution in [3.63, 3.8) is 0 Å². The number of imidazole rings is 1. The number of fused-ring (bicyclic) bond motifs is 1. The van der Waals surface area contributed by atoms with Gasteiger partial charge in [-0.2, -0.15) is 0 Å². The maximum atomic E-state index is 13.2. The van der Waals surface area contributed by atoms with Crippen LogP contribution < -0.4 is 20.7 Å². The van der Waals surface area contributed by atoms with Gasteiger partial charge in [0.2, 0.25) is 11.9 Å². The second kappa shape index (κ2) is 13.6. The molecule has 2 aliphatic carbocycles. The zero-order valence-corrected chi connectivity index (χ0v) is 26.0. The number of allylic oxidation sites excluding steroid dienone is 2. The fraction of sp³-hybridized carbons (Fsp3) is 0.567. The molecule has 3 N–H and O–H groups in total. The first kappa shape index (κ1) is 32.1. The molecule has 1 saturated carbocycles. The van der Waals surface area contributed by atoms with E-state index in [2.05, 4.69) is 20.9 Å². The molecule has 8 nitrogen and oxygen atoms in total. The molecule has 0 atom stereocenters. The van der Waals surface area contributed by atoms with Crippen molar-refractivity contribution in [2.45, 2.75) is 72.1 Å². The third-order valence-electron chi connectivity index (χ3n) is 7.70. The molecule has 1 aromatic carbocycles. The molecule has 0 saturated heterocycles. The van der Waals surface area contributed by atoms with E-state index in [9.17, 15) is 18.4 Å². The highest BCUT2D eigenvalue weighted by atomic mass is 35.5. The smallest absolute Gasteiger partial charge is 0.272 e. The lowest BCUT2D eigenvalue weighted by molar-refractivity contribution is -0.128. The number of anilines is 1. The van der Waals surface area contributed by atoms with Crippen molar-refractivity contribution < 1.29 is 23.1 Å². The highest BCUT2D eigenvalue weighted by Gasteiger charge is 2.26. The molecule has 2 aromatic rings. The summed E-state index contributed by atoms with van der Waals surface area (Å²) < 4.78 is 33.2. The lowest BCUT2D eigenvalue weighted by Gasteiger charge is -2.23. The van der Waals surface area contributed by atoms with Crippen LogP contribution in [-0.4, -0.2) is 47.5 Å². The van der Waals surface area contributed by atoms with Crippen molar-refractivity contribution in [1.82, 2.24) is 20.2 Å². The summed E-state index contributed by atoms with van der Waals surface area (Å²) in [6.07, 6.45) is 4.05. The summed E-state index contributed by atoms with van der Waals surface area (Å²) >= 11 is 13.3. The zero-order valence-electron chi connectivity index (χ0n) is 24.5. The predicted molar refractivity (Wildman–Crippen MR) is 162 cm³/mol. The van der Waals surface area contributed by atoms with E-state index < -0.39 is 24.4 Å². The van der Waals surface area contributed by atoms with Crippen LogP contribution in [-0.2, 0) is 11.8 Å². The molecule has 1 aromatic heterocycles. The Morgan fingerprint density at radius 1 is 1.12 bits per heavy atom. The Labute approximate surface area is 255 Å². The Kier molecular flexibility index (Phi) is 10.4. The molecule has 12 heteroatoms. The van der Waals surface area contributed by atoms with E-state index >= 15 is 0 Å². The number of rotatable bonds is 10. The Bertz CT molecular complexity index is 1390. The summed E-state index contributed by atoms with van der Waals surface area (Å²) in [5, 5.41) is 10.0. The van der Waals surface area contributed by atoms with Crippen LogP contribution in [0.25, 0.3) is 11.0 Å². The Balaban J connectivity index is 1.60. The number of halogens is 4. The first-order chi connectivity index (χ1) is 19.8. The van der Waals surface area contributed by atoms with Crippen LogP contribution in [0.15, 0.2) is 33.5 Å². The Morgan fingerprint density at radius 3 is 2.50 bits per heavy atom. The van der Waals surface area contributed by atoms with Gasteiger partial charge >= 0.3 is 0 Å². The van der Waals surface area contributed by atoms with Gasteiger partial charge in [-0.1, -0.05) is 63.2 Å². The van der Waals surface area contributed by atoms with Gasteiger partial charge in [-0.25, -0.2) is 13.8 Å². The van der Waals surface area contributed by atoms with Crippen LogP contribution in [0, 0.1) is 11.3 Å². The van der Waals surface area contributed by atoms with Gasteiger partial charge in [0.25, 0.3) is 12.3 Å². The number of benzene rings is 1. The van der Waals surface area contributed by atoms with Crippen molar-refractivity contribution in [2.24, 2.45) is 18.4 Å². The third kappa shape index (κ3) is 7.75. The minimum atomic E-state index is -2.70. The lowest BCUT2D eigenvalue weighted by Crippen LogP contribution is -2.36. The van der Waals surface area contributed by atoms with E-state index in [-0.39, 0.29) is 23.8 Å². The van der Waals surface area contributed by atoms with Crippen LogP contribution in [0.1, 0.15) is 76.1 Å². The molecule has 0 unspecified atom stereocenters. The molecule has 0 aliphatic heterocycles. The van der Waals surface area contributed by atoms with E-state index in [1.54, 1.807) is 23.7 Å². The number of aryl methyl sites for hydroxylation is 1. The molecule has 4 rings (SSSR count). The van der Waals surface area contributed by atoms with Crippen LogP contribution in [0.4, 0.5) is 14.7 Å². The molecule has 0 radical (unpaired) electrons. The fourth-order valence-electron chi connectivity index (χ4n) is 5.15. The number of carbonyl (C=O) groups excluding carboxylic acids is 2. The van der Waals surface area contributed by atoms with Crippen molar-refractivity contribution in [3.05, 3.63) is 39.0 Å². The average molecular weight is 627 g/mol. The quantitative estimate of drug-likeness (QED) is 0.269. The van der Waals surface area contributed by atoms with Crippen molar-refractivity contribution in [1.29, 1.82) is 0 Å². The maximum absolute atomic E-state index is 13.2. The number of hydrogen-bond donors (Lipinski definition) is 3. The number of nitrogens with one attached hydrogen (secondary N) is 3. The summed E-state index contributed by atoms with van der Waals surface area (Å²) in [4.78, 5) is 30.2. The van der Waals surface area contributed by atoms with Gasteiger partial charge in [0.15, 0.2) is 0 Å². The number of alkyl halides is 2. The first-order valence-corrected chi connectivity index (χ1v) is 15.1. The first-order valence-electron chi connectivity index (χ1n) is 14.4. The number of amides is 2. The second-order valence-electron chi connectivity index (χ2n) is 12.0. The third-order valence-corrected chi connectivity index (χ3v) is 8.53. The van der Waals surface area contributed by atoms with Crippen molar-refractivity contribution >= 4 is 52.0 Å². The standard InChI is InChI=1S/C30H39Cl2F2N5O3/c1-30(2,3)28(41)36-15-18-10-11-20(31)26(25(18)32)38-29-37-21-12-19(27(40)35-14-17-8-6-5-7-9-17)23(42-16-24(33)34)13-22(21)39(29)4/h12-13,17,24H,5-11,14-16H2,1-4H3,(H,35,40)(H,36,41)(H,37,38). The van der Waals surface area contributed by atoms with Gasteiger partial charge < -0.3 is 25.3 Å². The normalized spacial score (nSPS) is 16.8. The van der Waals surface area contributed by atoms with E-state index in [1.165, 1.54) is 6.42 Å². The molecule has 2 amide bonds. The average Bonchev–Trinajstić information content (AvgIpc) is 3.25. The molecule has 42 heavy (non-hydrogen) atoms. The van der Waals surface area contributed by atoms with Gasteiger partial charge in [-0.3, -0.25) is 9.59 Å². The second-order valence-corrected chi connectivity index (χ2v) is 12.8. The van der Waals surface area contributed by atoms with Gasteiger partial charge in [0.1, 0.15) is 12.4 Å². The number of nitrogens with zero attached hydrogens (tertiary/aromatic N) is 2. The molecule has 2 aliphatic rings.